The molecule has 0 unspecified atom stereocenters. The first-order valence-corrected chi connectivity index (χ1v) is 13.5. The molecular weight excluding hydrogens is 495 g/mol. The van der Waals surface area contributed by atoms with Crippen LogP contribution in [0.4, 0.5) is 16.0 Å². The molecule has 1 saturated heterocycles. The summed E-state index contributed by atoms with van der Waals surface area (Å²) in [5, 5.41) is 21.5. The van der Waals surface area contributed by atoms with Crippen LogP contribution < -0.4 is 10.0 Å². The minimum atomic E-state index is -3.60. The van der Waals surface area contributed by atoms with Crippen molar-refractivity contribution in [3.8, 4) is 16.9 Å². The number of benzene rings is 3. The Kier molecular flexibility index (Phi) is 7.00. The van der Waals surface area contributed by atoms with Crippen LogP contribution in [0.5, 0.6) is 5.75 Å². The first-order valence-electron chi connectivity index (χ1n) is 12.0. The Hall–Kier alpha value is -3.67. The van der Waals surface area contributed by atoms with Crippen LogP contribution in [0.3, 0.4) is 0 Å². The molecule has 0 bridgehead atoms. The monoisotopic (exact) mass is 522 g/mol. The predicted octanol–water partition coefficient (Wildman–Crippen LogP) is 3.96. The summed E-state index contributed by atoms with van der Waals surface area (Å²) in [6.45, 7) is 4.93. The Balaban J connectivity index is 1.30. The number of fused-ring (bicyclic) bond motifs is 1. The Morgan fingerprint density at radius 1 is 1.05 bits per heavy atom. The van der Waals surface area contributed by atoms with Gasteiger partial charge in [-0.1, -0.05) is 6.07 Å². The third-order valence-corrected chi connectivity index (χ3v) is 7.85. The zero-order valence-electron chi connectivity index (χ0n) is 20.3. The third-order valence-electron chi connectivity index (χ3n) is 6.37. The summed E-state index contributed by atoms with van der Waals surface area (Å²) in [5.41, 5.74) is 2.92. The number of hydrogen-bond acceptors (Lipinski definition) is 8. The van der Waals surface area contributed by atoms with E-state index in [1.807, 2.05) is 6.92 Å². The van der Waals surface area contributed by atoms with Gasteiger partial charge in [-0.25, -0.2) is 22.5 Å². The standard InChI is InChI=1S/C26H27FN6O3S/c1-17-15-18(24-21(27)5-4-6-23(24)34)16-22-25(17)30-26(32-31-22)29-19-7-9-20(10-8-19)37(35,36)28-11-14-33-12-2-3-13-33/h4-10,15-16,28,34H,2-3,11-14H2,1H3,(H,29,30,32). The van der Waals surface area contributed by atoms with Gasteiger partial charge in [-0.15, -0.1) is 10.2 Å². The molecule has 0 amide bonds. The molecule has 192 valence electrons. The fourth-order valence-electron chi connectivity index (χ4n) is 4.48. The number of phenolic OH excluding ortho intramolecular Hbond substituents is 1. The molecule has 4 aromatic rings. The number of aryl methyl sites for hydroxylation is 1. The van der Waals surface area contributed by atoms with E-state index in [0.717, 1.165) is 31.5 Å². The van der Waals surface area contributed by atoms with Crippen LogP contribution in [-0.4, -0.2) is 59.8 Å². The van der Waals surface area contributed by atoms with Gasteiger partial charge in [-0.3, -0.25) is 0 Å². The van der Waals surface area contributed by atoms with Gasteiger partial charge < -0.3 is 15.3 Å². The van der Waals surface area contributed by atoms with Gasteiger partial charge in [0, 0.05) is 18.8 Å². The van der Waals surface area contributed by atoms with Gasteiger partial charge in [-0.05, 0) is 92.5 Å². The predicted molar refractivity (Wildman–Crippen MR) is 140 cm³/mol. The van der Waals surface area contributed by atoms with Crippen molar-refractivity contribution in [1.29, 1.82) is 0 Å². The zero-order valence-corrected chi connectivity index (χ0v) is 21.1. The van der Waals surface area contributed by atoms with E-state index in [9.17, 15) is 17.9 Å². The smallest absolute Gasteiger partial charge is 0.247 e. The lowest BCUT2D eigenvalue weighted by Crippen LogP contribution is -2.33. The number of sulfonamides is 1. The van der Waals surface area contributed by atoms with Crippen LogP contribution in [-0.2, 0) is 10.0 Å². The topological polar surface area (TPSA) is 120 Å². The lowest BCUT2D eigenvalue weighted by atomic mass is 10.0. The molecule has 0 radical (unpaired) electrons. The summed E-state index contributed by atoms with van der Waals surface area (Å²) in [4.78, 5) is 6.95. The minimum Gasteiger partial charge on any atom is -0.507 e. The number of anilines is 2. The SMILES string of the molecule is Cc1cc(-c2c(O)cccc2F)cc2nnc(Nc3ccc(S(=O)(=O)NCCN4CCCC4)cc3)nc12. The highest BCUT2D eigenvalue weighted by molar-refractivity contribution is 7.89. The second-order valence-corrected chi connectivity index (χ2v) is 10.8. The van der Waals surface area contributed by atoms with Gasteiger partial charge in [-0.2, -0.15) is 0 Å². The number of likely N-dealkylation sites (tertiary alicyclic amines) is 1. The molecule has 0 atom stereocenters. The van der Waals surface area contributed by atoms with Crippen LogP contribution in [0, 0.1) is 12.7 Å². The molecular formula is C26H27FN6O3S. The summed E-state index contributed by atoms with van der Waals surface area (Å²) >= 11 is 0. The van der Waals surface area contributed by atoms with Crippen molar-refractivity contribution in [1.82, 2.24) is 24.8 Å². The first kappa shape index (κ1) is 25.0. The Bertz CT molecular complexity index is 1520. The van der Waals surface area contributed by atoms with E-state index < -0.39 is 15.8 Å². The van der Waals surface area contributed by atoms with Gasteiger partial charge in [0.2, 0.25) is 16.0 Å². The minimum absolute atomic E-state index is 0.0945. The molecule has 3 N–H and O–H groups in total. The van der Waals surface area contributed by atoms with Crippen molar-refractivity contribution >= 4 is 32.7 Å². The highest BCUT2D eigenvalue weighted by atomic mass is 32.2. The number of hydrogen-bond donors (Lipinski definition) is 3. The van der Waals surface area contributed by atoms with Gasteiger partial charge in [0.05, 0.1) is 16.0 Å². The maximum Gasteiger partial charge on any atom is 0.247 e. The van der Waals surface area contributed by atoms with E-state index in [4.69, 9.17) is 0 Å². The number of aromatic nitrogens is 3. The fourth-order valence-corrected chi connectivity index (χ4v) is 5.50. The molecule has 1 aromatic heterocycles. The molecule has 1 fully saturated rings. The average Bonchev–Trinajstić information content (AvgIpc) is 3.38. The van der Waals surface area contributed by atoms with Crippen molar-refractivity contribution in [3.63, 3.8) is 0 Å². The Labute approximate surface area is 214 Å². The van der Waals surface area contributed by atoms with E-state index in [1.165, 1.54) is 30.3 Å². The second kappa shape index (κ2) is 10.4. The van der Waals surface area contributed by atoms with Gasteiger partial charge >= 0.3 is 0 Å². The van der Waals surface area contributed by atoms with Gasteiger partial charge in [0.1, 0.15) is 17.1 Å². The number of nitrogens with zero attached hydrogens (tertiary/aromatic N) is 4. The van der Waals surface area contributed by atoms with Crippen molar-refractivity contribution < 1.29 is 17.9 Å². The van der Waals surface area contributed by atoms with Crippen molar-refractivity contribution in [2.75, 3.05) is 31.5 Å². The summed E-state index contributed by atoms with van der Waals surface area (Å²) in [7, 11) is -3.60. The molecule has 11 heteroatoms. The summed E-state index contributed by atoms with van der Waals surface area (Å²) in [6.07, 6.45) is 2.33. The Morgan fingerprint density at radius 2 is 1.81 bits per heavy atom. The van der Waals surface area contributed by atoms with E-state index in [1.54, 1.807) is 24.3 Å². The molecule has 0 saturated carbocycles. The maximum atomic E-state index is 14.3. The molecule has 3 aromatic carbocycles. The molecule has 9 nitrogen and oxygen atoms in total. The highest BCUT2D eigenvalue weighted by Gasteiger charge is 2.17. The molecule has 0 spiro atoms. The molecule has 2 heterocycles. The quantitative estimate of drug-likeness (QED) is 0.318. The number of rotatable bonds is 8. The molecule has 1 aliphatic heterocycles. The van der Waals surface area contributed by atoms with Crippen LogP contribution >= 0.6 is 0 Å². The molecule has 5 rings (SSSR count). The lowest BCUT2D eigenvalue weighted by molar-refractivity contribution is 0.344. The van der Waals surface area contributed by atoms with Crippen LogP contribution in [0.1, 0.15) is 18.4 Å². The van der Waals surface area contributed by atoms with Crippen LogP contribution in [0.25, 0.3) is 22.2 Å². The second-order valence-electron chi connectivity index (χ2n) is 9.03. The molecule has 0 aliphatic carbocycles. The van der Waals surface area contributed by atoms with E-state index >= 15 is 0 Å². The summed E-state index contributed by atoms with van der Waals surface area (Å²) in [5.74, 6) is -0.466. The highest BCUT2D eigenvalue weighted by Crippen LogP contribution is 2.34. The average molecular weight is 523 g/mol. The summed E-state index contributed by atoms with van der Waals surface area (Å²) in [6, 6.07) is 13.8. The molecule has 37 heavy (non-hydrogen) atoms. The van der Waals surface area contributed by atoms with E-state index in [2.05, 4.69) is 30.1 Å². The number of aromatic hydroxyl groups is 1. The number of nitrogens with one attached hydrogen (secondary N) is 2. The molecule has 1 aliphatic rings. The first-order chi connectivity index (χ1) is 17.8. The van der Waals surface area contributed by atoms with E-state index in [0.29, 0.717) is 35.4 Å². The normalized spacial score (nSPS) is 14.3. The van der Waals surface area contributed by atoms with Crippen molar-refractivity contribution in [2.24, 2.45) is 0 Å². The van der Waals surface area contributed by atoms with E-state index in [-0.39, 0.29) is 22.2 Å². The summed E-state index contributed by atoms with van der Waals surface area (Å²) < 4.78 is 42.2. The number of halogens is 1. The Morgan fingerprint density at radius 3 is 2.54 bits per heavy atom. The zero-order chi connectivity index (χ0) is 26.0. The maximum absolute atomic E-state index is 14.3. The van der Waals surface area contributed by atoms with Gasteiger partial charge in [0.25, 0.3) is 0 Å². The van der Waals surface area contributed by atoms with Crippen LogP contribution in [0.15, 0.2) is 59.5 Å². The lowest BCUT2D eigenvalue weighted by Gasteiger charge is -2.15. The third kappa shape index (κ3) is 5.53. The van der Waals surface area contributed by atoms with Crippen LogP contribution in [0.2, 0.25) is 0 Å². The van der Waals surface area contributed by atoms with Gasteiger partial charge in [0.15, 0.2) is 0 Å². The van der Waals surface area contributed by atoms with Crippen molar-refractivity contribution in [3.05, 3.63) is 66.0 Å². The fraction of sp³-hybridized carbons (Fsp3) is 0.269. The largest absolute Gasteiger partial charge is 0.507 e. The number of phenols is 1. The van der Waals surface area contributed by atoms with Crippen molar-refractivity contribution in [2.45, 2.75) is 24.7 Å².